The van der Waals surface area contributed by atoms with Crippen molar-refractivity contribution >= 4 is 16.5 Å². The number of aromatic nitrogens is 2. The van der Waals surface area contributed by atoms with Crippen LogP contribution in [-0.4, -0.2) is 10.2 Å². The minimum absolute atomic E-state index is 0.498. The zero-order chi connectivity index (χ0) is 15.5. The number of anilines is 1. The van der Waals surface area contributed by atoms with Crippen LogP contribution < -0.4 is 5.32 Å². The molecule has 4 heteroatoms. The summed E-state index contributed by atoms with van der Waals surface area (Å²) in [5, 5.41) is 13.9. The molecule has 0 atom stereocenters. The molecule has 1 N–H and O–H groups in total. The Morgan fingerprint density at radius 2 is 1.57 bits per heavy atom. The summed E-state index contributed by atoms with van der Waals surface area (Å²) < 4.78 is 5.69. The van der Waals surface area contributed by atoms with E-state index < -0.39 is 0 Å². The Kier molecular flexibility index (Phi) is 3.48. The molecule has 0 spiro atoms. The molecule has 4 nitrogen and oxygen atoms in total. The Labute approximate surface area is 133 Å². The van der Waals surface area contributed by atoms with E-state index in [2.05, 4.69) is 45.8 Å². The second kappa shape index (κ2) is 5.93. The SMILES string of the molecule is c1ccc(-c2nnc(CNc3ccc4ccccc4c3)o2)cc1. The Morgan fingerprint density at radius 1 is 0.783 bits per heavy atom. The Morgan fingerprint density at radius 3 is 2.43 bits per heavy atom. The summed E-state index contributed by atoms with van der Waals surface area (Å²) in [5.41, 5.74) is 1.96. The minimum Gasteiger partial charge on any atom is -0.419 e. The van der Waals surface area contributed by atoms with E-state index >= 15 is 0 Å². The van der Waals surface area contributed by atoms with Crippen LogP contribution in [0.2, 0.25) is 0 Å². The average Bonchev–Trinajstić information content (AvgIpc) is 3.10. The van der Waals surface area contributed by atoms with E-state index in [9.17, 15) is 0 Å². The van der Waals surface area contributed by atoms with E-state index in [1.165, 1.54) is 10.8 Å². The smallest absolute Gasteiger partial charge is 0.247 e. The normalized spacial score (nSPS) is 10.8. The van der Waals surface area contributed by atoms with Gasteiger partial charge in [-0.3, -0.25) is 0 Å². The van der Waals surface area contributed by atoms with Gasteiger partial charge in [-0.15, -0.1) is 10.2 Å². The molecule has 0 bridgehead atoms. The highest BCUT2D eigenvalue weighted by molar-refractivity contribution is 5.85. The van der Waals surface area contributed by atoms with Crippen molar-refractivity contribution in [1.82, 2.24) is 10.2 Å². The second-order valence-corrected chi connectivity index (χ2v) is 5.28. The molecule has 0 aliphatic rings. The first-order valence-electron chi connectivity index (χ1n) is 7.49. The van der Waals surface area contributed by atoms with Crippen molar-refractivity contribution in [2.45, 2.75) is 6.54 Å². The second-order valence-electron chi connectivity index (χ2n) is 5.28. The number of rotatable bonds is 4. The lowest BCUT2D eigenvalue weighted by atomic mass is 10.1. The first kappa shape index (κ1) is 13.5. The third-order valence-electron chi connectivity index (χ3n) is 3.68. The fourth-order valence-electron chi connectivity index (χ4n) is 2.50. The Hall–Kier alpha value is -3.14. The van der Waals surface area contributed by atoms with Crippen molar-refractivity contribution in [3.8, 4) is 11.5 Å². The average molecular weight is 301 g/mol. The predicted molar refractivity (Wildman–Crippen MR) is 91.0 cm³/mol. The molecular formula is C19H15N3O. The highest BCUT2D eigenvalue weighted by Gasteiger charge is 2.07. The van der Waals surface area contributed by atoms with Crippen molar-refractivity contribution in [2.24, 2.45) is 0 Å². The molecule has 1 aromatic heterocycles. The molecule has 1 heterocycles. The molecule has 0 saturated heterocycles. The van der Waals surface area contributed by atoms with Crippen LogP contribution in [0, 0.1) is 0 Å². The van der Waals surface area contributed by atoms with Crippen molar-refractivity contribution < 1.29 is 4.42 Å². The summed E-state index contributed by atoms with van der Waals surface area (Å²) in [5.74, 6) is 1.11. The van der Waals surface area contributed by atoms with Gasteiger partial charge in [0.2, 0.25) is 11.8 Å². The molecule has 3 aromatic carbocycles. The van der Waals surface area contributed by atoms with Gasteiger partial charge < -0.3 is 9.73 Å². The topological polar surface area (TPSA) is 51.0 Å². The van der Waals surface area contributed by atoms with E-state index in [4.69, 9.17) is 4.42 Å². The maximum absolute atomic E-state index is 5.69. The summed E-state index contributed by atoms with van der Waals surface area (Å²) in [4.78, 5) is 0. The van der Waals surface area contributed by atoms with E-state index in [-0.39, 0.29) is 0 Å². The maximum Gasteiger partial charge on any atom is 0.247 e. The van der Waals surface area contributed by atoms with Crippen LogP contribution in [0.4, 0.5) is 5.69 Å². The largest absolute Gasteiger partial charge is 0.419 e. The van der Waals surface area contributed by atoms with E-state index in [1.807, 2.05) is 42.5 Å². The molecule has 4 aromatic rings. The Balaban J connectivity index is 1.49. The third kappa shape index (κ3) is 2.92. The zero-order valence-corrected chi connectivity index (χ0v) is 12.4. The van der Waals surface area contributed by atoms with E-state index in [0.717, 1.165) is 11.3 Å². The molecular weight excluding hydrogens is 286 g/mol. The van der Waals surface area contributed by atoms with Crippen LogP contribution in [0.5, 0.6) is 0 Å². The number of hydrogen-bond acceptors (Lipinski definition) is 4. The van der Waals surface area contributed by atoms with Crippen molar-refractivity contribution in [2.75, 3.05) is 5.32 Å². The van der Waals surface area contributed by atoms with Crippen LogP contribution in [-0.2, 0) is 6.54 Å². The number of benzene rings is 3. The molecule has 112 valence electrons. The lowest BCUT2D eigenvalue weighted by Gasteiger charge is -2.05. The summed E-state index contributed by atoms with van der Waals surface area (Å²) in [6.45, 7) is 0.498. The van der Waals surface area contributed by atoms with Gasteiger partial charge >= 0.3 is 0 Å². The monoisotopic (exact) mass is 301 g/mol. The first-order valence-corrected chi connectivity index (χ1v) is 7.49. The van der Waals surface area contributed by atoms with Crippen LogP contribution in [0.1, 0.15) is 5.89 Å². The fourth-order valence-corrected chi connectivity index (χ4v) is 2.50. The standard InChI is InChI=1S/C19H15N3O/c1-2-7-15(8-3-1)19-22-21-18(23-19)13-20-17-11-10-14-6-4-5-9-16(14)12-17/h1-12,20H,13H2. The molecule has 0 fully saturated rings. The van der Waals surface area contributed by atoms with E-state index in [0.29, 0.717) is 18.3 Å². The third-order valence-corrected chi connectivity index (χ3v) is 3.68. The van der Waals surface area contributed by atoms with Gasteiger partial charge in [0.25, 0.3) is 0 Å². The number of nitrogens with zero attached hydrogens (tertiary/aromatic N) is 2. The first-order chi connectivity index (χ1) is 11.4. The molecule has 0 aliphatic carbocycles. The minimum atomic E-state index is 0.498. The number of hydrogen-bond donors (Lipinski definition) is 1. The molecule has 0 amide bonds. The van der Waals surface area contributed by atoms with Crippen LogP contribution in [0.15, 0.2) is 77.2 Å². The van der Waals surface area contributed by atoms with Gasteiger partial charge in [-0.25, -0.2) is 0 Å². The van der Waals surface area contributed by atoms with E-state index in [1.54, 1.807) is 0 Å². The highest BCUT2D eigenvalue weighted by Crippen LogP contribution is 2.20. The number of nitrogens with one attached hydrogen (secondary N) is 1. The highest BCUT2D eigenvalue weighted by atomic mass is 16.4. The summed E-state index contributed by atoms with van der Waals surface area (Å²) >= 11 is 0. The molecule has 0 unspecified atom stereocenters. The van der Waals surface area contributed by atoms with Gasteiger partial charge in [-0.1, -0.05) is 48.5 Å². The molecule has 0 saturated carbocycles. The van der Waals surface area contributed by atoms with Crippen LogP contribution >= 0.6 is 0 Å². The molecule has 4 rings (SSSR count). The van der Waals surface area contributed by atoms with Crippen molar-refractivity contribution in [1.29, 1.82) is 0 Å². The lowest BCUT2D eigenvalue weighted by molar-refractivity contribution is 0.515. The van der Waals surface area contributed by atoms with Gasteiger partial charge in [-0.2, -0.15) is 0 Å². The zero-order valence-electron chi connectivity index (χ0n) is 12.4. The summed E-state index contributed by atoms with van der Waals surface area (Å²) in [6.07, 6.45) is 0. The quantitative estimate of drug-likeness (QED) is 0.603. The predicted octanol–water partition coefficient (Wildman–Crippen LogP) is 4.50. The Bertz CT molecular complexity index is 931. The summed E-state index contributed by atoms with van der Waals surface area (Å²) in [6, 6.07) is 24.3. The van der Waals surface area contributed by atoms with Gasteiger partial charge in [-0.05, 0) is 35.0 Å². The number of fused-ring (bicyclic) bond motifs is 1. The van der Waals surface area contributed by atoms with Gasteiger partial charge in [0.1, 0.15) is 0 Å². The summed E-state index contributed by atoms with van der Waals surface area (Å²) in [7, 11) is 0. The van der Waals surface area contributed by atoms with Gasteiger partial charge in [0.15, 0.2) is 0 Å². The van der Waals surface area contributed by atoms with Crippen LogP contribution in [0.25, 0.3) is 22.2 Å². The molecule has 23 heavy (non-hydrogen) atoms. The van der Waals surface area contributed by atoms with Crippen molar-refractivity contribution in [3.05, 3.63) is 78.7 Å². The van der Waals surface area contributed by atoms with Crippen LogP contribution in [0.3, 0.4) is 0 Å². The molecule has 0 aliphatic heterocycles. The fraction of sp³-hybridized carbons (Fsp3) is 0.0526. The maximum atomic E-state index is 5.69. The van der Waals surface area contributed by atoms with Crippen molar-refractivity contribution in [3.63, 3.8) is 0 Å². The molecule has 0 radical (unpaired) electrons. The van der Waals surface area contributed by atoms with Gasteiger partial charge in [0, 0.05) is 11.3 Å². The lowest BCUT2D eigenvalue weighted by Crippen LogP contribution is -1.99. The van der Waals surface area contributed by atoms with Gasteiger partial charge in [0.05, 0.1) is 6.54 Å².